The van der Waals surface area contributed by atoms with E-state index in [1.54, 1.807) is 0 Å². The Bertz CT molecular complexity index is 1030. The number of hydrogen-bond acceptors (Lipinski definition) is 4. The summed E-state index contributed by atoms with van der Waals surface area (Å²) in [6.45, 7) is 4.38. The highest BCUT2D eigenvalue weighted by Gasteiger charge is 2.15. The van der Waals surface area contributed by atoms with E-state index in [4.69, 9.17) is 4.74 Å². The van der Waals surface area contributed by atoms with Gasteiger partial charge in [-0.05, 0) is 48.9 Å². The van der Waals surface area contributed by atoms with Crippen molar-refractivity contribution in [3.05, 3.63) is 77.5 Å². The molecule has 0 aliphatic carbocycles. The number of carbonyl (C=O) groups is 1. The number of esters is 1. The van der Waals surface area contributed by atoms with Crippen molar-refractivity contribution in [2.45, 2.75) is 78.1 Å². The van der Waals surface area contributed by atoms with Crippen LogP contribution in [-0.2, 0) is 12.8 Å². The van der Waals surface area contributed by atoms with Gasteiger partial charge in [-0.1, -0.05) is 82.7 Å². The maximum atomic E-state index is 14.5. The van der Waals surface area contributed by atoms with Crippen LogP contribution in [-0.4, -0.2) is 15.9 Å². The molecular weight excluding hydrogens is 427 g/mol. The van der Waals surface area contributed by atoms with Gasteiger partial charge in [-0.15, -0.1) is 0 Å². The minimum Gasteiger partial charge on any atom is -0.419 e. The van der Waals surface area contributed by atoms with Crippen LogP contribution in [0.1, 0.15) is 86.8 Å². The number of benzene rings is 2. The zero-order valence-electron chi connectivity index (χ0n) is 20.4. The predicted octanol–water partition coefficient (Wildman–Crippen LogP) is 7.75. The van der Waals surface area contributed by atoms with E-state index in [1.807, 2.05) is 18.2 Å². The fourth-order valence-corrected chi connectivity index (χ4v) is 3.85. The molecular formula is C29H35FN2O2. The molecule has 0 aliphatic rings. The van der Waals surface area contributed by atoms with Crippen LogP contribution < -0.4 is 4.74 Å². The van der Waals surface area contributed by atoms with E-state index >= 15 is 0 Å². The highest BCUT2D eigenvalue weighted by molar-refractivity contribution is 5.88. The number of ether oxygens (including phenoxy) is 1. The third-order valence-corrected chi connectivity index (χ3v) is 5.95. The SMILES string of the molecule is CCCCCCCCc1ccc(OC(=O)c2cnc(-c3ccc(CCCC)cc3)cn2)c(F)c1. The standard InChI is InChI=1S/C29H35FN2O2/c1-3-5-7-8-9-10-12-23-15-18-28(25(30)19-23)34-29(33)27-21-31-26(20-32-27)24-16-13-22(14-17-24)11-6-4-2/h13-21H,3-12H2,1-2H3. The summed E-state index contributed by atoms with van der Waals surface area (Å²) in [7, 11) is 0. The number of rotatable bonds is 13. The smallest absolute Gasteiger partial charge is 0.364 e. The molecule has 3 aromatic rings. The Morgan fingerprint density at radius 1 is 0.794 bits per heavy atom. The molecule has 0 radical (unpaired) electrons. The number of aromatic nitrogens is 2. The largest absolute Gasteiger partial charge is 0.419 e. The second-order valence-electron chi connectivity index (χ2n) is 8.76. The molecule has 0 atom stereocenters. The summed E-state index contributed by atoms with van der Waals surface area (Å²) < 4.78 is 19.7. The van der Waals surface area contributed by atoms with E-state index in [2.05, 4.69) is 35.9 Å². The summed E-state index contributed by atoms with van der Waals surface area (Å²) in [5.41, 5.74) is 3.85. The zero-order chi connectivity index (χ0) is 24.2. The lowest BCUT2D eigenvalue weighted by molar-refractivity contribution is 0.0721. The predicted molar refractivity (Wildman–Crippen MR) is 135 cm³/mol. The molecule has 5 heteroatoms. The molecule has 0 N–H and O–H groups in total. The first-order chi connectivity index (χ1) is 16.6. The van der Waals surface area contributed by atoms with Gasteiger partial charge in [-0.2, -0.15) is 0 Å². The first kappa shape index (κ1) is 25.5. The number of aryl methyl sites for hydroxylation is 2. The normalized spacial score (nSPS) is 10.9. The van der Waals surface area contributed by atoms with E-state index in [1.165, 1.54) is 62.2 Å². The molecule has 0 amide bonds. The Morgan fingerprint density at radius 2 is 1.47 bits per heavy atom. The zero-order valence-corrected chi connectivity index (χ0v) is 20.4. The molecule has 3 rings (SSSR count). The lowest BCUT2D eigenvalue weighted by atomic mass is 10.0. The highest BCUT2D eigenvalue weighted by atomic mass is 19.1. The van der Waals surface area contributed by atoms with Crippen molar-refractivity contribution in [2.24, 2.45) is 0 Å². The van der Waals surface area contributed by atoms with Gasteiger partial charge in [0.25, 0.3) is 0 Å². The first-order valence-electron chi connectivity index (χ1n) is 12.5. The van der Waals surface area contributed by atoms with Crippen LogP contribution in [0.4, 0.5) is 4.39 Å². The van der Waals surface area contributed by atoms with Crippen LogP contribution in [0, 0.1) is 5.82 Å². The maximum absolute atomic E-state index is 14.5. The third-order valence-electron chi connectivity index (χ3n) is 5.95. The number of hydrogen-bond donors (Lipinski definition) is 0. The van der Waals surface area contributed by atoms with Crippen molar-refractivity contribution in [1.29, 1.82) is 0 Å². The van der Waals surface area contributed by atoms with Crippen LogP contribution >= 0.6 is 0 Å². The Morgan fingerprint density at radius 3 is 2.15 bits per heavy atom. The van der Waals surface area contributed by atoms with Crippen molar-refractivity contribution >= 4 is 5.97 Å². The van der Waals surface area contributed by atoms with Gasteiger partial charge >= 0.3 is 5.97 Å². The molecule has 0 aliphatic heterocycles. The Hall–Kier alpha value is -3.08. The van der Waals surface area contributed by atoms with Crippen molar-refractivity contribution < 1.29 is 13.9 Å². The summed E-state index contributed by atoms with van der Waals surface area (Å²) in [5, 5.41) is 0. The molecule has 0 spiro atoms. The van der Waals surface area contributed by atoms with Gasteiger partial charge in [0.2, 0.25) is 0 Å². The Balaban J connectivity index is 1.54. The van der Waals surface area contributed by atoms with Crippen molar-refractivity contribution in [3.8, 4) is 17.0 Å². The van der Waals surface area contributed by atoms with Crippen LogP contribution in [0.2, 0.25) is 0 Å². The highest BCUT2D eigenvalue weighted by Crippen LogP contribution is 2.22. The van der Waals surface area contributed by atoms with Gasteiger partial charge in [0, 0.05) is 5.56 Å². The minimum absolute atomic E-state index is 0.0406. The van der Waals surface area contributed by atoms with Crippen LogP contribution in [0.5, 0.6) is 5.75 Å². The fourth-order valence-electron chi connectivity index (χ4n) is 3.85. The third kappa shape index (κ3) is 7.75. The maximum Gasteiger partial charge on any atom is 0.364 e. The van der Waals surface area contributed by atoms with Crippen LogP contribution in [0.15, 0.2) is 54.9 Å². The van der Waals surface area contributed by atoms with Gasteiger partial charge in [0.15, 0.2) is 17.3 Å². The monoisotopic (exact) mass is 462 g/mol. The molecule has 0 saturated carbocycles. The fraction of sp³-hybridized carbons (Fsp3) is 0.414. The van der Waals surface area contributed by atoms with Crippen LogP contribution in [0.25, 0.3) is 11.3 Å². The van der Waals surface area contributed by atoms with E-state index < -0.39 is 11.8 Å². The van der Waals surface area contributed by atoms with Gasteiger partial charge < -0.3 is 4.74 Å². The quantitative estimate of drug-likeness (QED) is 0.148. The molecule has 0 bridgehead atoms. The molecule has 0 fully saturated rings. The van der Waals surface area contributed by atoms with E-state index in [0.717, 1.165) is 43.2 Å². The summed E-state index contributed by atoms with van der Waals surface area (Å²) >= 11 is 0. The molecule has 180 valence electrons. The minimum atomic E-state index is -0.725. The first-order valence-corrected chi connectivity index (χ1v) is 12.5. The topological polar surface area (TPSA) is 52.1 Å². The van der Waals surface area contributed by atoms with Crippen molar-refractivity contribution in [2.75, 3.05) is 0 Å². The second kappa shape index (κ2) is 13.6. The Kier molecular flexibility index (Phi) is 10.2. The number of halogens is 1. The average Bonchev–Trinajstić information content (AvgIpc) is 2.87. The van der Waals surface area contributed by atoms with Crippen LogP contribution in [0.3, 0.4) is 0 Å². The molecule has 1 heterocycles. The summed E-state index contributed by atoms with van der Waals surface area (Å²) in [5.74, 6) is -1.36. The van der Waals surface area contributed by atoms with Gasteiger partial charge in [0.05, 0.1) is 18.1 Å². The van der Waals surface area contributed by atoms with Gasteiger partial charge in [-0.3, -0.25) is 4.98 Å². The van der Waals surface area contributed by atoms with Crippen molar-refractivity contribution in [3.63, 3.8) is 0 Å². The average molecular weight is 463 g/mol. The molecule has 4 nitrogen and oxygen atoms in total. The lowest BCUT2D eigenvalue weighted by Gasteiger charge is -2.08. The van der Waals surface area contributed by atoms with E-state index in [9.17, 15) is 9.18 Å². The molecule has 2 aromatic carbocycles. The van der Waals surface area contributed by atoms with Gasteiger partial charge in [-0.25, -0.2) is 14.2 Å². The molecule has 0 saturated heterocycles. The molecule has 1 aromatic heterocycles. The van der Waals surface area contributed by atoms with E-state index in [0.29, 0.717) is 5.69 Å². The summed E-state index contributed by atoms with van der Waals surface area (Å²) in [6.07, 6.45) is 14.3. The Labute approximate surface area is 202 Å². The lowest BCUT2D eigenvalue weighted by Crippen LogP contribution is -2.12. The summed E-state index contributed by atoms with van der Waals surface area (Å²) in [4.78, 5) is 21.0. The van der Waals surface area contributed by atoms with Crippen molar-refractivity contribution in [1.82, 2.24) is 9.97 Å². The molecule has 0 unspecified atom stereocenters. The number of carbonyl (C=O) groups excluding carboxylic acids is 1. The number of nitrogens with zero attached hydrogens (tertiary/aromatic N) is 2. The second-order valence-corrected chi connectivity index (χ2v) is 8.76. The van der Waals surface area contributed by atoms with E-state index in [-0.39, 0.29) is 11.4 Å². The summed E-state index contributed by atoms with van der Waals surface area (Å²) in [6, 6.07) is 13.0. The number of unbranched alkanes of at least 4 members (excludes halogenated alkanes) is 6. The molecule has 34 heavy (non-hydrogen) atoms. The van der Waals surface area contributed by atoms with Gasteiger partial charge in [0.1, 0.15) is 0 Å².